The molecule has 4 rings (SSSR count). The number of amides is 1. The van der Waals surface area contributed by atoms with E-state index in [9.17, 15) is 4.79 Å². The second-order valence-electron chi connectivity index (χ2n) is 9.27. The number of carbonyl (C=O) groups excluding carboxylic acids is 1. The van der Waals surface area contributed by atoms with E-state index in [1.807, 2.05) is 48.5 Å². The van der Waals surface area contributed by atoms with Crippen LogP contribution in [0.25, 0.3) is 0 Å². The molecule has 0 saturated carbocycles. The summed E-state index contributed by atoms with van der Waals surface area (Å²) in [4.78, 5) is 14.1. The molecule has 3 aromatic carbocycles. The van der Waals surface area contributed by atoms with Crippen LogP contribution in [0.15, 0.2) is 84.9 Å². The van der Waals surface area contributed by atoms with Crippen LogP contribution in [0.1, 0.15) is 36.5 Å². The summed E-state index contributed by atoms with van der Waals surface area (Å²) < 4.78 is 11.7. The van der Waals surface area contributed by atoms with Crippen LogP contribution in [0, 0.1) is 5.92 Å². The topological polar surface area (TPSA) is 62.8 Å². The van der Waals surface area contributed by atoms with Crippen molar-refractivity contribution in [2.24, 2.45) is 5.92 Å². The quantitative estimate of drug-likeness (QED) is 0.354. The van der Waals surface area contributed by atoms with E-state index in [1.165, 1.54) is 18.4 Å². The van der Waals surface area contributed by atoms with Crippen molar-refractivity contribution in [2.75, 3.05) is 38.6 Å². The maximum Gasteiger partial charge on any atom is 0.406 e. The zero-order chi connectivity index (χ0) is 25.0. The van der Waals surface area contributed by atoms with E-state index in [0.29, 0.717) is 12.3 Å². The smallest absolute Gasteiger partial charge is 0.406 e. The van der Waals surface area contributed by atoms with E-state index in [-0.39, 0.29) is 12.7 Å². The Balaban J connectivity index is 1.32. The Kier molecular flexibility index (Phi) is 9.62. The minimum Gasteiger partial charge on any atom is -0.483 e. The second kappa shape index (κ2) is 13.5. The Morgan fingerprint density at radius 1 is 0.944 bits per heavy atom. The molecule has 1 amide bonds. The fourth-order valence-electron chi connectivity index (χ4n) is 4.61. The molecular weight excluding hydrogens is 450 g/mol. The van der Waals surface area contributed by atoms with Crippen LogP contribution in [0.4, 0.5) is 10.5 Å². The van der Waals surface area contributed by atoms with Gasteiger partial charge in [-0.1, -0.05) is 72.8 Å². The van der Waals surface area contributed by atoms with Crippen molar-refractivity contribution in [3.05, 3.63) is 96.1 Å². The second-order valence-corrected chi connectivity index (χ2v) is 9.27. The van der Waals surface area contributed by atoms with Crippen molar-refractivity contribution < 1.29 is 14.3 Å². The zero-order valence-corrected chi connectivity index (χ0v) is 21.1. The molecule has 36 heavy (non-hydrogen) atoms. The van der Waals surface area contributed by atoms with Gasteiger partial charge in [0.05, 0.1) is 12.3 Å². The number of rotatable bonds is 11. The highest BCUT2D eigenvalue weighted by molar-refractivity contribution is 5.66. The summed E-state index contributed by atoms with van der Waals surface area (Å²) in [7, 11) is 1.56. The number of alkyl carbamates (subject to hydrolysis) is 1. The predicted octanol–water partition coefficient (Wildman–Crippen LogP) is 5.88. The van der Waals surface area contributed by atoms with Crippen LogP contribution in [0.2, 0.25) is 0 Å². The number of likely N-dealkylation sites (tertiary alicyclic amines) is 1. The van der Waals surface area contributed by atoms with Crippen LogP contribution in [-0.4, -0.2) is 44.3 Å². The lowest BCUT2D eigenvalue weighted by atomic mass is 9.96. The van der Waals surface area contributed by atoms with Gasteiger partial charge in [0.15, 0.2) is 0 Å². The molecule has 0 spiro atoms. The first-order chi connectivity index (χ1) is 17.7. The molecule has 1 atom stereocenters. The standard InChI is InChI=1S/C30H37N3O3/c1-31-30(34)35-21-18-28(26-12-6-3-7-13-26)36-29-15-9-8-14-27(29)32-22-24-16-19-33(20-17-24)23-25-10-4-2-5-11-25/h2-15,24,28,32H,16-23H2,1H3,(H,31,34). The summed E-state index contributed by atoms with van der Waals surface area (Å²) in [5.41, 5.74) is 3.44. The number of nitrogens with one attached hydrogen (secondary N) is 2. The molecule has 1 aliphatic heterocycles. The average Bonchev–Trinajstić information content (AvgIpc) is 2.93. The molecule has 3 aromatic rings. The summed E-state index contributed by atoms with van der Waals surface area (Å²) in [6, 6.07) is 28.9. The first-order valence-corrected chi connectivity index (χ1v) is 12.9. The zero-order valence-electron chi connectivity index (χ0n) is 21.1. The molecule has 1 unspecified atom stereocenters. The third kappa shape index (κ3) is 7.75. The number of hydrogen-bond acceptors (Lipinski definition) is 5. The fraction of sp³-hybridized carbons (Fsp3) is 0.367. The molecule has 1 heterocycles. The predicted molar refractivity (Wildman–Crippen MR) is 144 cm³/mol. The van der Waals surface area contributed by atoms with E-state index in [2.05, 4.69) is 51.9 Å². The minimum absolute atomic E-state index is 0.222. The Bertz CT molecular complexity index is 1050. The molecule has 1 saturated heterocycles. The van der Waals surface area contributed by atoms with E-state index in [4.69, 9.17) is 9.47 Å². The van der Waals surface area contributed by atoms with Crippen molar-refractivity contribution in [1.29, 1.82) is 0 Å². The van der Waals surface area contributed by atoms with Gasteiger partial charge in [0, 0.05) is 26.6 Å². The molecular formula is C30H37N3O3. The lowest BCUT2D eigenvalue weighted by Crippen LogP contribution is -2.35. The summed E-state index contributed by atoms with van der Waals surface area (Å²) >= 11 is 0. The lowest BCUT2D eigenvalue weighted by Gasteiger charge is -2.32. The van der Waals surface area contributed by atoms with Crippen LogP contribution in [-0.2, 0) is 11.3 Å². The molecule has 0 aliphatic carbocycles. The molecule has 0 radical (unpaired) electrons. The Hall–Kier alpha value is -3.51. The Morgan fingerprint density at radius 3 is 2.33 bits per heavy atom. The normalized spacial score (nSPS) is 15.1. The third-order valence-corrected chi connectivity index (χ3v) is 6.68. The first-order valence-electron chi connectivity index (χ1n) is 12.9. The van der Waals surface area contributed by atoms with Gasteiger partial charge in [-0.25, -0.2) is 4.79 Å². The Labute approximate surface area is 214 Å². The number of carbonyl (C=O) groups is 1. The van der Waals surface area contributed by atoms with Crippen molar-refractivity contribution in [1.82, 2.24) is 10.2 Å². The summed E-state index contributed by atoms with van der Waals surface area (Å²) in [5, 5.41) is 6.13. The first kappa shape index (κ1) is 25.6. The molecule has 1 fully saturated rings. The number of anilines is 1. The third-order valence-electron chi connectivity index (χ3n) is 6.68. The largest absolute Gasteiger partial charge is 0.483 e. The monoisotopic (exact) mass is 487 g/mol. The number of para-hydroxylation sites is 2. The van der Waals surface area contributed by atoms with Crippen LogP contribution in [0.3, 0.4) is 0 Å². The van der Waals surface area contributed by atoms with Crippen molar-refractivity contribution in [3.8, 4) is 5.75 Å². The molecule has 0 bridgehead atoms. The highest BCUT2D eigenvalue weighted by atomic mass is 16.5. The van der Waals surface area contributed by atoms with Crippen molar-refractivity contribution in [2.45, 2.75) is 31.9 Å². The lowest BCUT2D eigenvalue weighted by molar-refractivity contribution is 0.117. The fourth-order valence-corrected chi connectivity index (χ4v) is 4.61. The van der Waals surface area contributed by atoms with Crippen molar-refractivity contribution in [3.63, 3.8) is 0 Å². The molecule has 1 aliphatic rings. The van der Waals surface area contributed by atoms with Gasteiger partial charge in [-0.15, -0.1) is 0 Å². The highest BCUT2D eigenvalue weighted by Crippen LogP contribution is 2.31. The van der Waals surface area contributed by atoms with Gasteiger partial charge in [-0.3, -0.25) is 4.90 Å². The highest BCUT2D eigenvalue weighted by Gasteiger charge is 2.20. The van der Waals surface area contributed by atoms with Crippen LogP contribution < -0.4 is 15.4 Å². The van der Waals surface area contributed by atoms with Gasteiger partial charge in [-0.2, -0.15) is 0 Å². The van der Waals surface area contributed by atoms with Gasteiger partial charge in [-0.05, 0) is 55.1 Å². The summed E-state index contributed by atoms with van der Waals surface area (Å²) in [6.45, 7) is 4.48. The van der Waals surface area contributed by atoms with Crippen LogP contribution in [0.5, 0.6) is 5.75 Å². The number of nitrogens with zero attached hydrogens (tertiary/aromatic N) is 1. The maximum atomic E-state index is 11.5. The number of ether oxygens (including phenoxy) is 2. The number of piperidine rings is 1. The van der Waals surface area contributed by atoms with E-state index < -0.39 is 6.09 Å². The van der Waals surface area contributed by atoms with Gasteiger partial charge in [0.2, 0.25) is 0 Å². The van der Waals surface area contributed by atoms with Crippen LogP contribution >= 0.6 is 0 Å². The van der Waals surface area contributed by atoms with E-state index in [0.717, 1.165) is 43.2 Å². The van der Waals surface area contributed by atoms with Gasteiger partial charge in [0.25, 0.3) is 0 Å². The summed E-state index contributed by atoms with van der Waals surface area (Å²) in [5.74, 6) is 1.45. The molecule has 190 valence electrons. The summed E-state index contributed by atoms with van der Waals surface area (Å²) in [6.07, 6.45) is 2.28. The Morgan fingerprint density at radius 2 is 1.61 bits per heavy atom. The van der Waals surface area contributed by atoms with Gasteiger partial charge in [0.1, 0.15) is 11.9 Å². The van der Waals surface area contributed by atoms with Gasteiger partial charge >= 0.3 is 6.09 Å². The molecule has 0 aromatic heterocycles. The maximum absolute atomic E-state index is 11.5. The van der Waals surface area contributed by atoms with E-state index in [1.54, 1.807) is 7.05 Å². The SMILES string of the molecule is CNC(=O)OCCC(Oc1ccccc1NCC1CCN(Cc2ccccc2)CC1)c1ccccc1. The minimum atomic E-state index is -0.432. The molecule has 6 heteroatoms. The van der Waals surface area contributed by atoms with E-state index >= 15 is 0 Å². The van der Waals surface area contributed by atoms with Gasteiger partial charge < -0.3 is 20.1 Å². The average molecular weight is 488 g/mol. The molecule has 2 N–H and O–H groups in total. The number of benzene rings is 3. The van der Waals surface area contributed by atoms with Crippen molar-refractivity contribution >= 4 is 11.8 Å². The molecule has 6 nitrogen and oxygen atoms in total. The number of hydrogen-bond donors (Lipinski definition) is 2.